The van der Waals surface area contributed by atoms with Gasteiger partial charge in [0.1, 0.15) is 23.3 Å². The number of alkyl carbamates (subject to hydrolysis) is 1. The number of nitrogens with one attached hydrogen (secondary N) is 1. The van der Waals surface area contributed by atoms with Crippen LogP contribution < -0.4 is 10.2 Å². The molecule has 1 saturated carbocycles. The second kappa shape index (κ2) is 7.82. The lowest BCUT2D eigenvalue weighted by atomic mass is 9.92. The van der Waals surface area contributed by atoms with Gasteiger partial charge in [0.25, 0.3) is 0 Å². The van der Waals surface area contributed by atoms with Crippen LogP contribution in [-0.4, -0.2) is 35.4 Å². The van der Waals surface area contributed by atoms with E-state index in [1.165, 1.54) is 12.5 Å². The molecule has 1 saturated heterocycles. The summed E-state index contributed by atoms with van der Waals surface area (Å²) in [5, 5.41) is 13.1. The summed E-state index contributed by atoms with van der Waals surface area (Å²) in [6, 6.07) is 7.64. The Hall–Kier alpha value is -2.75. The molecule has 0 bridgehead atoms. The fraction of sp³-hybridized carbons (Fsp3) is 0.565. The number of benzene rings is 1. The maximum atomic E-state index is 14.2. The molecule has 6 nitrogen and oxygen atoms in total. The van der Waals surface area contributed by atoms with Gasteiger partial charge in [0.15, 0.2) is 0 Å². The third kappa shape index (κ3) is 4.09. The van der Waals surface area contributed by atoms with Gasteiger partial charge in [-0.25, -0.2) is 9.18 Å². The van der Waals surface area contributed by atoms with Gasteiger partial charge >= 0.3 is 6.09 Å². The summed E-state index contributed by atoms with van der Waals surface area (Å²) < 4.78 is 21.9. The van der Waals surface area contributed by atoms with Gasteiger partial charge in [-0.3, -0.25) is 0 Å². The minimum absolute atomic E-state index is 0.0836. The van der Waals surface area contributed by atoms with Gasteiger partial charge in [0.05, 0.1) is 11.1 Å². The summed E-state index contributed by atoms with van der Waals surface area (Å²) in [5.41, 5.74) is 0.515. The summed E-state index contributed by atoms with van der Waals surface area (Å²) in [4.78, 5) is 14.4. The molecule has 0 radical (unpaired) electrons. The third-order valence-corrected chi connectivity index (χ3v) is 6.01. The first-order valence-corrected chi connectivity index (χ1v) is 10.7. The first-order chi connectivity index (χ1) is 14.2. The molecule has 160 valence electrons. The number of halogens is 1. The Balaban J connectivity index is 1.53. The highest BCUT2D eigenvalue weighted by atomic mass is 19.1. The number of hydrogen-bond donors (Lipinski definition) is 1. The lowest BCUT2D eigenvalue weighted by Crippen LogP contribution is -2.46. The molecule has 1 amide bonds. The molecule has 1 aromatic carbocycles. The number of carbonyl (C=O) groups excluding carboxylic acids is 1. The third-order valence-electron chi connectivity index (χ3n) is 6.01. The van der Waals surface area contributed by atoms with Crippen LogP contribution in [0.25, 0.3) is 10.9 Å². The first kappa shape index (κ1) is 20.5. The van der Waals surface area contributed by atoms with Gasteiger partial charge in [-0.2, -0.15) is 5.26 Å². The quantitative estimate of drug-likeness (QED) is 0.781. The number of piperidine rings is 1. The molecule has 0 unspecified atom stereocenters. The summed E-state index contributed by atoms with van der Waals surface area (Å²) in [6.07, 6.45) is 4.67. The molecule has 1 aromatic heterocycles. The fourth-order valence-corrected chi connectivity index (χ4v) is 4.32. The van der Waals surface area contributed by atoms with Crippen LogP contribution in [0.4, 0.5) is 15.0 Å². The average Bonchev–Trinajstić information content (AvgIpc) is 2.96. The number of carbonyl (C=O) groups is 1. The number of ether oxygens (including phenoxy) is 1. The van der Waals surface area contributed by atoms with Crippen molar-refractivity contribution in [1.82, 2.24) is 9.88 Å². The molecular formula is C23H29FN4O2. The lowest BCUT2D eigenvalue weighted by molar-refractivity contribution is 0.0497. The van der Waals surface area contributed by atoms with E-state index in [1.54, 1.807) is 6.07 Å². The Bertz CT molecular complexity index is 989. The van der Waals surface area contributed by atoms with Crippen LogP contribution in [-0.2, 0) is 4.74 Å². The summed E-state index contributed by atoms with van der Waals surface area (Å²) in [5.74, 6) is 0.613. The molecule has 4 rings (SSSR count). The van der Waals surface area contributed by atoms with Crippen molar-refractivity contribution in [1.29, 1.82) is 5.26 Å². The predicted octanol–water partition coefficient (Wildman–Crippen LogP) is 4.87. The average molecular weight is 413 g/mol. The Morgan fingerprint density at radius 2 is 1.90 bits per heavy atom. The minimum Gasteiger partial charge on any atom is -0.444 e. The minimum atomic E-state index is -0.508. The highest BCUT2D eigenvalue weighted by Crippen LogP contribution is 2.40. The van der Waals surface area contributed by atoms with E-state index in [0.717, 1.165) is 55.5 Å². The van der Waals surface area contributed by atoms with Crippen LogP contribution in [0.5, 0.6) is 0 Å². The molecule has 30 heavy (non-hydrogen) atoms. The Kier molecular flexibility index (Phi) is 5.35. The predicted molar refractivity (Wildman–Crippen MR) is 114 cm³/mol. The van der Waals surface area contributed by atoms with Crippen molar-refractivity contribution in [2.75, 3.05) is 18.0 Å². The number of fused-ring (bicyclic) bond motifs is 1. The van der Waals surface area contributed by atoms with E-state index >= 15 is 0 Å². The number of aromatic nitrogens is 1. The van der Waals surface area contributed by atoms with Gasteiger partial charge < -0.3 is 19.5 Å². The first-order valence-electron chi connectivity index (χ1n) is 10.7. The van der Waals surface area contributed by atoms with E-state index in [9.17, 15) is 14.4 Å². The van der Waals surface area contributed by atoms with Crippen LogP contribution in [0.1, 0.15) is 64.5 Å². The van der Waals surface area contributed by atoms with Gasteiger partial charge in [-0.05, 0) is 71.1 Å². The van der Waals surface area contributed by atoms with E-state index in [4.69, 9.17) is 4.74 Å². The molecule has 1 N–H and O–H groups in total. The van der Waals surface area contributed by atoms with Crippen molar-refractivity contribution >= 4 is 22.8 Å². The highest BCUT2D eigenvalue weighted by molar-refractivity contribution is 5.87. The van der Waals surface area contributed by atoms with Crippen LogP contribution in [0.15, 0.2) is 18.2 Å². The summed E-state index contributed by atoms with van der Waals surface area (Å²) in [7, 11) is 0. The number of anilines is 1. The molecule has 0 atom stereocenters. The topological polar surface area (TPSA) is 70.3 Å². The second-order valence-electron chi connectivity index (χ2n) is 9.37. The maximum absolute atomic E-state index is 14.2. The zero-order chi connectivity index (χ0) is 21.5. The zero-order valence-corrected chi connectivity index (χ0v) is 17.9. The van der Waals surface area contributed by atoms with E-state index in [1.807, 2.05) is 32.9 Å². The number of hydrogen-bond acceptors (Lipinski definition) is 4. The Morgan fingerprint density at radius 3 is 2.47 bits per heavy atom. The molecule has 7 heteroatoms. The zero-order valence-electron chi connectivity index (χ0n) is 17.9. The second-order valence-corrected chi connectivity index (χ2v) is 9.37. The van der Waals surface area contributed by atoms with Crippen LogP contribution in [0.2, 0.25) is 0 Å². The molecule has 1 aliphatic carbocycles. The normalized spacial score (nSPS) is 18.2. The smallest absolute Gasteiger partial charge is 0.407 e. The number of nitrogens with zero attached hydrogens (tertiary/aromatic N) is 3. The van der Waals surface area contributed by atoms with Crippen LogP contribution in [0, 0.1) is 17.1 Å². The number of nitriles is 1. The lowest BCUT2D eigenvalue weighted by Gasteiger charge is -2.37. The van der Waals surface area contributed by atoms with Crippen LogP contribution in [0.3, 0.4) is 0 Å². The molecule has 2 fully saturated rings. The monoisotopic (exact) mass is 412 g/mol. The molecule has 1 aliphatic heterocycles. The summed E-state index contributed by atoms with van der Waals surface area (Å²) in [6.45, 7) is 7.17. The van der Waals surface area contributed by atoms with E-state index in [-0.39, 0.29) is 17.7 Å². The molecule has 2 aromatic rings. The fourth-order valence-electron chi connectivity index (χ4n) is 4.32. The van der Waals surface area contributed by atoms with Crippen molar-refractivity contribution in [3.8, 4) is 6.07 Å². The standard InChI is InChI=1S/C23H29FN4O2/c1-23(2,3)30-22(29)26-17-7-9-27(10-8-17)21-13-15-11-19(24)16(14-25)12-20(15)28(21)18-5-4-6-18/h11-13,17-18H,4-10H2,1-3H3,(H,26,29). The van der Waals surface area contributed by atoms with Crippen molar-refractivity contribution < 1.29 is 13.9 Å². The molecular weight excluding hydrogens is 383 g/mol. The SMILES string of the molecule is CC(C)(C)OC(=O)NC1CCN(c2cc3cc(F)c(C#N)cc3n2C2CCC2)CC1. The number of amides is 1. The Morgan fingerprint density at radius 1 is 1.20 bits per heavy atom. The highest BCUT2D eigenvalue weighted by Gasteiger charge is 2.29. The van der Waals surface area contributed by atoms with E-state index in [0.29, 0.717) is 6.04 Å². The molecule has 2 heterocycles. The molecule has 2 aliphatic rings. The van der Waals surface area contributed by atoms with Gasteiger partial charge in [0, 0.05) is 30.6 Å². The van der Waals surface area contributed by atoms with Crippen LogP contribution >= 0.6 is 0 Å². The number of rotatable bonds is 3. The van der Waals surface area contributed by atoms with Crippen molar-refractivity contribution in [2.24, 2.45) is 0 Å². The van der Waals surface area contributed by atoms with Crippen molar-refractivity contribution in [3.63, 3.8) is 0 Å². The van der Waals surface area contributed by atoms with Crippen molar-refractivity contribution in [3.05, 3.63) is 29.6 Å². The summed E-state index contributed by atoms with van der Waals surface area (Å²) >= 11 is 0. The van der Waals surface area contributed by atoms with E-state index < -0.39 is 11.4 Å². The van der Waals surface area contributed by atoms with Gasteiger partial charge in [-0.1, -0.05) is 0 Å². The molecule has 0 spiro atoms. The maximum Gasteiger partial charge on any atom is 0.407 e. The van der Waals surface area contributed by atoms with Gasteiger partial charge in [0.2, 0.25) is 0 Å². The van der Waals surface area contributed by atoms with Crippen molar-refractivity contribution in [2.45, 2.75) is 70.6 Å². The largest absolute Gasteiger partial charge is 0.444 e. The van der Waals surface area contributed by atoms with E-state index in [2.05, 4.69) is 14.8 Å². The van der Waals surface area contributed by atoms with Gasteiger partial charge in [-0.15, -0.1) is 0 Å². The Labute approximate surface area is 176 Å².